The van der Waals surface area contributed by atoms with E-state index in [1.54, 1.807) is 44.2 Å². The topological polar surface area (TPSA) is 75.7 Å². The van der Waals surface area contributed by atoms with E-state index in [1.807, 2.05) is 13.0 Å². The Hall–Kier alpha value is -2.38. The third kappa shape index (κ3) is 4.42. The third-order valence-corrected chi connectivity index (χ3v) is 5.92. The van der Waals surface area contributed by atoms with Crippen LogP contribution in [0, 0.1) is 0 Å². The molecular formula is C19H24N2O4S. The van der Waals surface area contributed by atoms with E-state index in [1.165, 1.54) is 16.4 Å². The Labute approximate surface area is 154 Å². The largest absolute Gasteiger partial charge is 0.492 e. The summed E-state index contributed by atoms with van der Waals surface area (Å²) in [5, 5.41) is 2.75. The molecule has 0 saturated heterocycles. The van der Waals surface area contributed by atoms with Crippen LogP contribution in [0.2, 0.25) is 0 Å². The van der Waals surface area contributed by atoms with Crippen LogP contribution in [0.25, 0.3) is 0 Å². The predicted octanol–water partition coefficient (Wildman–Crippen LogP) is 3.37. The van der Waals surface area contributed by atoms with E-state index >= 15 is 0 Å². The molecule has 2 aromatic rings. The molecule has 0 spiro atoms. The van der Waals surface area contributed by atoms with E-state index in [0.29, 0.717) is 36.7 Å². The van der Waals surface area contributed by atoms with Crippen molar-refractivity contribution in [1.82, 2.24) is 4.31 Å². The number of carbonyl (C=O) groups is 1. The van der Waals surface area contributed by atoms with E-state index < -0.39 is 10.0 Å². The summed E-state index contributed by atoms with van der Waals surface area (Å²) >= 11 is 0. The highest BCUT2D eigenvalue weighted by atomic mass is 32.2. The second kappa shape index (κ2) is 8.82. The van der Waals surface area contributed by atoms with Crippen LogP contribution in [-0.4, -0.2) is 38.3 Å². The second-order valence-corrected chi connectivity index (χ2v) is 7.44. The van der Waals surface area contributed by atoms with Gasteiger partial charge in [-0.3, -0.25) is 4.79 Å². The maximum atomic E-state index is 12.7. The van der Waals surface area contributed by atoms with Crippen LogP contribution in [0.1, 0.15) is 31.1 Å². The van der Waals surface area contributed by atoms with Crippen molar-refractivity contribution in [1.29, 1.82) is 0 Å². The molecule has 0 radical (unpaired) electrons. The Balaban J connectivity index is 2.41. The lowest BCUT2D eigenvalue weighted by Gasteiger charge is -2.20. The molecule has 26 heavy (non-hydrogen) atoms. The molecule has 1 amide bonds. The molecule has 0 aliphatic rings. The van der Waals surface area contributed by atoms with Crippen molar-refractivity contribution in [2.24, 2.45) is 0 Å². The smallest absolute Gasteiger partial charge is 0.255 e. The quantitative estimate of drug-likeness (QED) is 0.766. The number of sulfonamides is 1. The number of nitrogens with one attached hydrogen (secondary N) is 1. The fraction of sp³-hybridized carbons (Fsp3) is 0.316. The van der Waals surface area contributed by atoms with Gasteiger partial charge in [0.1, 0.15) is 5.75 Å². The first-order valence-corrected chi connectivity index (χ1v) is 10.0. The predicted molar refractivity (Wildman–Crippen MR) is 102 cm³/mol. The minimum absolute atomic E-state index is 0.119. The molecule has 0 heterocycles. The number of carbonyl (C=O) groups excluding carboxylic acids is 1. The normalized spacial score (nSPS) is 11.4. The Morgan fingerprint density at radius 1 is 1.04 bits per heavy atom. The van der Waals surface area contributed by atoms with Gasteiger partial charge in [0.05, 0.1) is 17.2 Å². The highest BCUT2D eigenvalue weighted by Gasteiger charge is 2.23. The van der Waals surface area contributed by atoms with Gasteiger partial charge < -0.3 is 10.1 Å². The molecule has 140 valence electrons. The van der Waals surface area contributed by atoms with Gasteiger partial charge in [-0.05, 0) is 37.3 Å². The number of nitrogens with zero attached hydrogens (tertiary/aromatic N) is 1. The van der Waals surface area contributed by atoms with Crippen molar-refractivity contribution < 1.29 is 17.9 Å². The van der Waals surface area contributed by atoms with Crippen LogP contribution >= 0.6 is 0 Å². The van der Waals surface area contributed by atoms with Crippen LogP contribution in [0.15, 0.2) is 53.4 Å². The van der Waals surface area contributed by atoms with Crippen molar-refractivity contribution in [3.05, 3.63) is 54.1 Å². The van der Waals surface area contributed by atoms with Gasteiger partial charge in [-0.15, -0.1) is 0 Å². The Morgan fingerprint density at radius 3 is 2.27 bits per heavy atom. The number of anilines is 1. The first-order chi connectivity index (χ1) is 12.4. The summed E-state index contributed by atoms with van der Waals surface area (Å²) in [6.07, 6.45) is 0. The maximum Gasteiger partial charge on any atom is 0.255 e. The van der Waals surface area contributed by atoms with Gasteiger partial charge in [-0.2, -0.15) is 4.31 Å². The number of hydrogen-bond donors (Lipinski definition) is 1. The van der Waals surface area contributed by atoms with Crippen molar-refractivity contribution >= 4 is 21.6 Å². The maximum absolute atomic E-state index is 12.7. The first-order valence-electron chi connectivity index (χ1n) is 8.57. The van der Waals surface area contributed by atoms with Gasteiger partial charge in [0.15, 0.2) is 0 Å². The molecule has 0 saturated carbocycles. The van der Waals surface area contributed by atoms with Crippen LogP contribution < -0.4 is 10.1 Å². The van der Waals surface area contributed by atoms with Gasteiger partial charge in [0.25, 0.3) is 5.91 Å². The van der Waals surface area contributed by atoms with Gasteiger partial charge in [-0.25, -0.2) is 8.42 Å². The number of amides is 1. The van der Waals surface area contributed by atoms with E-state index in [-0.39, 0.29) is 10.8 Å². The Kier molecular flexibility index (Phi) is 6.76. The SMILES string of the molecule is CCOc1ccc(S(=O)(=O)N(CC)CC)cc1NC(=O)c1ccccc1. The molecule has 1 N–H and O–H groups in total. The van der Waals surface area contributed by atoms with E-state index in [4.69, 9.17) is 4.74 Å². The molecule has 7 heteroatoms. The molecular weight excluding hydrogens is 352 g/mol. The lowest BCUT2D eigenvalue weighted by Crippen LogP contribution is -2.30. The fourth-order valence-corrected chi connectivity index (χ4v) is 4.03. The minimum atomic E-state index is -3.63. The van der Waals surface area contributed by atoms with Gasteiger partial charge in [-0.1, -0.05) is 32.0 Å². The van der Waals surface area contributed by atoms with Crippen molar-refractivity contribution in [3.63, 3.8) is 0 Å². The summed E-state index contributed by atoms with van der Waals surface area (Å²) in [5.74, 6) is 0.0965. The van der Waals surface area contributed by atoms with Gasteiger partial charge in [0, 0.05) is 18.7 Å². The van der Waals surface area contributed by atoms with Crippen LogP contribution in [0.3, 0.4) is 0 Å². The average Bonchev–Trinajstić information content (AvgIpc) is 2.64. The molecule has 6 nitrogen and oxygen atoms in total. The standard InChI is InChI=1S/C19H24N2O4S/c1-4-21(5-2)26(23,24)16-12-13-18(25-6-3)17(14-16)20-19(22)15-10-8-7-9-11-15/h7-14H,4-6H2,1-3H3,(H,20,22). The monoisotopic (exact) mass is 376 g/mol. The number of ether oxygens (including phenoxy) is 1. The first kappa shape index (κ1) is 19.9. The van der Waals surface area contributed by atoms with Crippen molar-refractivity contribution in [2.45, 2.75) is 25.7 Å². The fourth-order valence-electron chi connectivity index (χ4n) is 2.55. The number of rotatable bonds is 8. The highest BCUT2D eigenvalue weighted by Crippen LogP contribution is 2.29. The van der Waals surface area contributed by atoms with Crippen molar-refractivity contribution in [3.8, 4) is 5.75 Å². The van der Waals surface area contributed by atoms with E-state index in [0.717, 1.165) is 0 Å². The number of benzene rings is 2. The Bertz CT molecular complexity index is 847. The second-order valence-electron chi connectivity index (χ2n) is 5.50. The summed E-state index contributed by atoms with van der Waals surface area (Å²) in [7, 11) is -3.63. The molecule has 2 aromatic carbocycles. The summed E-state index contributed by atoms with van der Waals surface area (Å²) < 4.78 is 32.4. The highest BCUT2D eigenvalue weighted by molar-refractivity contribution is 7.89. The van der Waals surface area contributed by atoms with Gasteiger partial charge in [0.2, 0.25) is 10.0 Å². The summed E-state index contributed by atoms with van der Waals surface area (Å²) in [6.45, 7) is 6.54. The Morgan fingerprint density at radius 2 is 1.69 bits per heavy atom. The lowest BCUT2D eigenvalue weighted by atomic mass is 10.2. The van der Waals surface area contributed by atoms with Crippen LogP contribution in [-0.2, 0) is 10.0 Å². The summed E-state index contributed by atoms with van der Waals surface area (Å²) in [5.41, 5.74) is 0.806. The molecule has 0 fully saturated rings. The summed E-state index contributed by atoms with van der Waals surface area (Å²) in [4.78, 5) is 12.6. The number of hydrogen-bond acceptors (Lipinski definition) is 4. The molecule has 0 aromatic heterocycles. The summed E-state index contributed by atoms with van der Waals surface area (Å²) in [6, 6.07) is 13.2. The van der Waals surface area contributed by atoms with Crippen LogP contribution in [0.5, 0.6) is 5.75 Å². The minimum Gasteiger partial charge on any atom is -0.492 e. The average molecular weight is 376 g/mol. The molecule has 0 aliphatic carbocycles. The van der Waals surface area contributed by atoms with Crippen LogP contribution in [0.4, 0.5) is 5.69 Å². The molecule has 0 aliphatic heterocycles. The van der Waals surface area contributed by atoms with E-state index in [9.17, 15) is 13.2 Å². The van der Waals surface area contributed by atoms with Crippen molar-refractivity contribution in [2.75, 3.05) is 25.0 Å². The zero-order valence-corrected chi connectivity index (χ0v) is 16.0. The van der Waals surface area contributed by atoms with Gasteiger partial charge >= 0.3 is 0 Å². The molecule has 0 unspecified atom stereocenters. The zero-order chi connectivity index (χ0) is 19.2. The van der Waals surface area contributed by atoms with E-state index in [2.05, 4.69) is 5.32 Å². The third-order valence-electron chi connectivity index (χ3n) is 3.88. The molecule has 0 bridgehead atoms. The zero-order valence-electron chi connectivity index (χ0n) is 15.2. The lowest BCUT2D eigenvalue weighted by molar-refractivity contribution is 0.102. The molecule has 2 rings (SSSR count). The molecule has 0 atom stereocenters.